The van der Waals surface area contributed by atoms with Crippen LogP contribution in [0.2, 0.25) is 0 Å². The van der Waals surface area contributed by atoms with E-state index in [-0.39, 0.29) is 18.4 Å². The lowest BCUT2D eigenvalue weighted by Crippen LogP contribution is -2.45. The third-order valence-electron chi connectivity index (χ3n) is 5.29. The first-order valence-electron chi connectivity index (χ1n) is 9.49. The van der Waals surface area contributed by atoms with Crippen molar-refractivity contribution in [3.8, 4) is 0 Å². The summed E-state index contributed by atoms with van der Waals surface area (Å²) in [6, 6.07) is 6.89. The van der Waals surface area contributed by atoms with Gasteiger partial charge in [-0.3, -0.25) is 4.79 Å². The minimum atomic E-state index is -3.54. The topological polar surface area (TPSA) is 66.5 Å². The second-order valence-corrected chi connectivity index (χ2v) is 9.28. The highest BCUT2D eigenvalue weighted by Gasteiger charge is 2.33. The Morgan fingerprint density at radius 2 is 1.96 bits per heavy atom. The van der Waals surface area contributed by atoms with Crippen molar-refractivity contribution in [2.45, 2.75) is 50.3 Å². The minimum Gasteiger partial charge on any atom is -0.352 e. The van der Waals surface area contributed by atoms with Crippen LogP contribution in [-0.4, -0.2) is 38.3 Å². The van der Waals surface area contributed by atoms with Crippen molar-refractivity contribution in [1.82, 2.24) is 9.62 Å². The molecule has 0 bridgehead atoms. The Morgan fingerprint density at radius 1 is 1.19 bits per heavy atom. The SMILES string of the molecule is Cc1ccc(S(=O)(=O)N2CCC[C@H](C(=O)NCC3=CCCCC3)C2)cc1. The number of nitrogens with one attached hydrogen (secondary N) is 1. The predicted octanol–water partition coefficient (Wildman–Crippen LogP) is 3.01. The monoisotopic (exact) mass is 376 g/mol. The second-order valence-electron chi connectivity index (χ2n) is 7.34. The molecule has 0 spiro atoms. The highest BCUT2D eigenvalue weighted by molar-refractivity contribution is 7.89. The van der Waals surface area contributed by atoms with Crippen LogP contribution in [0, 0.1) is 12.8 Å². The van der Waals surface area contributed by atoms with E-state index in [0.29, 0.717) is 24.4 Å². The summed E-state index contributed by atoms with van der Waals surface area (Å²) in [5.41, 5.74) is 2.32. The summed E-state index contributed by atoms with van der Waals surface area (Å²) in [7, 11) is -3.54. The summed E-state index contributed by atoms with van der Waals surface area (Å²) >= 11 is 0. The number of allylic oxidation sites excluding steroid dienone is 1. The second kappa shape index (κ2) is 8.35. The van der Waals surface area contributed by atoms with E-state index in [0.717, 1.165) is 24.8 Å². The first-order valence-corrected chi connectivity index (χ1v) is 10.9. The van der Waals surface area contributed by atoms with Crippen LogP contribution in [-0.2, 0) is 14.8 Å². The number of rotatable bonds is 5. The smallest absolute Gasteiger partial charge is 0.243 e. The van der Waals surface area contributed by atoms with Crippen LogP contribution in [0.15, 0.2) is 40.8 Å². The zero-order chi connectivity index (χ0) is 18.6. The third-order valence-corrected chi connectivity index (χ3v) is 7.17. The fourth-order valence-electron chi connectivity index (χ4n) is 3.64. The van der Waals surface area contributed by atoms with Gasteiger partial charge in [0, 0.05) is 19.6 Å². The lowest BCUT2D eigenvalue weighted by Gasteiger charge is -2.31. The van der Waals surface area contributed by atoms with E-state index >= 15 is 0 Å². The van der Waals surface area contributed by atoms with Crippen molar-refractivity contribution in [2.24, 2.45) is 5.92 Å². The Labute approximate surface area is 156 Å². The van der Waals surface area contributed by atoms with Crippen LogP contribution in [0.25, 0.3) is 0 Å². The molecule has 1 fully saturated rings. The number of hydrogen-bond donors (Lipinski definition) is 1. The Morgan fingerprint density at radius 3 is 2.65 bits per heavy atom. The van der Waals surface area contributed by atoms with Crippen molar-refractivity contribution in [1.29, 1.82) is 0 Å². The van der Waals surface area contributed by atoms with Gasteiger partial charge in [-0.1, -0.05) is 29.3 Å². The minimum absolute atomic E-state index is 0.0275. The number of piperidine rings is 1. The van der Waals surface area contributed by atoms with Crippen molar-refractivity contribution in [3.05, 3.63) is 41.5 Å². The number of carbonyl (C=O) groups excluding carboxylic acids is 1. The largest absolute Gasteiger partial charge is 0.352 e. The zero-order valence-electron chi connectivity index (χ0n) is 15.4. The maximum absolute atomic E-state index is 12.9. The molecule has 1 N–H and O–H groups in total. The summed E-state index contributed by atoms with van der Waals surface area (Å²) in [5.74, 6) is -0.298. The number of sulfonamides is 1. The van der Waals surface area contributed by atoms with E-state index in [1.807, 2.05) is 6.92 Å². The molecule has 0 saturated carbocycles. The molecule has 1 aliphatic heterocycles. The Balaban J connectivity index is 1.62. The summed E-state index contributed by atoms with van der Waals surface area (Å²) in [6.45, 7) is 3.27. The molecule has 1 aromatic rings. The molecule has 2 aliphatic rings. The number of carbonyl (C=O) groups is 1. The van der Waals surface area contributed by atoms with Crippen molar-refractivity contribution >= 4 is 15.9 Å². The molecule has 0 aromatic heterocycles. The number of aryl methyl sites for hydroxylation is 1. The van der Waals surface area contributed by atoms with Crippen LogP contribution < -0.4 is 5.32 Å². The molecule has 1 amide bonds. The van der Waals surface area contributed by atoms with Crippen molar-refractivity contribution in [3.63, 3.8) is 0 Å². The number of hydrogen-bond acceptors (Lipinski definition) is 3. The number of amides is 1. The molecule has 1 saturated heterocycles. The van der Waals surface area contributed by atoms with Gasteiger partial charge in [0.25, 0.3) is 0 Å². The van der Waals surface area contributed by atoms with Crippen LogP contribution in [0.3, 0.4) is 0 Å². The van der Waals surface area contributed by atoms with E-state index in [1.165, 1.54) is 22.7 Å². The van der Waals surface area contributed by atoms with Gasteiger partial charge in [-0.2, -0.15) is 4.31 Å². The summed E-state index contributed by atoms with van der Waals surface area (Å²) in [6.07, 6.45) is 8.24. The average molecular weight is 377 g/mol. The Bertz CT molecular complexity index is 769. The molecule has 0 radical (unpaired) electrons. The van der Waals surface area contributed by atoms with Gasteiger partial charge in [0.15, 0.2) is 0 Å². The maximum atomic E-state index is 12.9. The molecular formula is C20H28N2O3S. The van der Waals surface area contributed by atoms with Crippen molar-refractivity contribution < 1.29 is 13.2 Å². The van der Waals surface area contributed by atoms with E-state index in [1.54, 1.807) is 24.3 Å². The standard InChI is InChI=1S/C20H28N2O3S/c1-16-9-11-19(12-10-16)26(24,25)22-13-5-8-18(15-22)20(23)21-14-17-6-3-2-4-7-17/h6,9-12,18H,2-5,7-8,13-15H2,1H3,(H,21,23)/t18-/m0/s1. The summed E-state index contributed by atoms with van der Waals surface area (Å²) in [5, 5.41) is 3.01. The fourth-order valence-corrected chi connectivity index (χ4v) is 5.17. The molecule has 1 aliphatic carbocycles. The van der Waals surface area contributed by atoms with E-state index in [9.17, 15) is 13.2 Å². The van der Waals surface area contributed by atoms with Crippen LogP contribution in [0.4, 0.5) is 0 Å². The quantitative estimate of drug-likeness (QED) is 0.804. The van der Waals surface area contributed by atoms with E-state index in [4.69, 9.17) is 0 Å². The molecule has 5 nitrogen and oxygen atoms in total. The maximum Gasteiger partial charge on any atom is 0.243 e. The highest BCUT2D eigenvalue weighted by atomic mass is 32.2. The molecule has 142 valence electrons. The van der Waals surface area contributed by atoms with E-state index in [2.05, 4.69) is 11.4 Å². The van der Waals surface area contributed by atoms with Gasteiger partial charge in [-0.25, -0.2) is 8.42 Å². The van der Waals surface area contributed by atoms with Crippen molar-refractivity contribution in [2.75, 3.05) is 19.6 Å². The molecular weight excluding hydrogens is 348 g/mol. The molecule has 26 heavy (non-hydrogen) atoms. The molecule has 0 unspecified atom stereocenters. The first-order chi connectivity index (χ1) is 12.5. The zero-order valence-corrected chi connectivity index (χ0v) is 16.2. The Hall–Kier alpha value is -1.66. The molecule has 3 rings (SSSR count). The summed E-state index contributed by atoms with van der Waals surface area (Å²) < 4.78 is 27.2. The fraction of sp³-hybridized carbons (Fsp3) is 0.550. The number of nitrogens with zero attached hydrogens (tertiary/aromatic N) is 1. The van der Waals surface area contributed by atoms with E-state index < -0.39 is 10.0 Å². The van der Waals surface area contributed by atoms with Gasteiger partial charge in [0.05, 0.1) is 10.8 Å². The highest BCUT2D eigenvalue weighted by Crippen LogP contribution is 2.24. The Kier molecular flexibility index (Phi) is 6.14. The van der Waals surface area contributed by atoms with Gasteiger partial charge in [0.2, 0.25) is 15.9 Å². The number of benzene rings is 1. The molecule has 1 heterocycles. The molecule has 6 heteroatoms. The predicted molar refractivity (Wildman–Crippen MR) is 102 cm³/mol. The van der Waals surface area contributed by atoms with Gasteiger partial charge < -0.3 is 5.32 Å². The van der Waals surface area contributed by atoms with Gasteiger partial charge >= 0.3 is 0 Å². The van der Waals surface area contributed by atoms with Crippen LogP contribution in [0.1, 0.15) is 44.1 Å². The average Bonchev–Trinajstić information content (AvgIpc) is 2.67. The van der Waals surface area contributed by atoms with Gasteiger partial charge in [-0.05, 0) is 57.6 Å². The lowest BCUT2D eigenvalue weighted by molar-refractivity contribution is -0.125. The van der Waals surface area contributed by atoms with Gasteiger partial charge in [-0.15, -0.1) is 0 Å². The normalized spacial score (nSPS) is 21.9. The summed E-state index contributed by atoms with van der Waals surface area (Å²) in [4.78, 5) is 12.8. The van der Waals surface area contributed by atoms with Crippen LogP contribution >= 0.6 is 0 Å². The van der Waals surface area contributed by atoms with Crippen LogP contribution in [0.5, 0.6) is 0 Å². The molecule has 1 aromatic carbocycles. The lowest BCUT2D eigenvalue weighted by atomic mass is 9.97. The third kappa shape index (κ3) is 4.54. The molecule has 1 atom stereocenters. The van der Waals surface area contributed by atoms with Gasteiger partial charge in [0.1, 0.15) is 0 Å². The first kappa shape index (κ1) is 19.1.